The third-order valence-corrected chi connectivity index (χ3v) is 1.10. The molecule has 0 rings (SSSR count). The Morgan fingerprint density at radius 1 is 1.33 bits per heavy atom. The summed E-state index contributed by atoms with van der Waals surface area (Å²) in [6.45, 7) is 11.9. The molecule has 0 aliphatic heterocycles. The zero-order valence-electron chi connectivity index (χ0n) is 8.35. The molecular formula is C10H20N2. The van der Waals surface area contributed by atoms with Gasteiger partial charge in [0.25, 0.3) is 0 Å². The number of likely N-dealkylation sites (N-methyl/N-ethyl adjacent to an activating group) is 1. The fourth-order valence-corrected chi connectivity index (χ4v) is 0.370. The highest BCUT2D eigenvalue weighted by molar-refractivity contribution is 5.23. The summed E-state index contributed by atoms with van der Waals surface area (Å²) in [6.07, 6.45) is 3.69. The minimum atomic E-state index is 0.494. The first-order chi connectivity index (χ1) is 5.70. The number of rotatable bonds is 4. The van der Waals surface area contributed by atoms with E-state index in [4.69, 9.17) is 5.73 Å². The Labute approximate surface area is 75.9 Å². The van der Waals surface area contributed by atoms with E-state index in [2.05, 4.69) is 18.5 Å². The van der Waals surface area contributed by atoms with E-state index in [9.17, 15) is 0 Å². The highest BCUT2D eigenvalue weighted by Crippen LogP contribution is 1.92. The second-order valence-corrected chi connectivity index (χ2v) is 1.97. The maximum absolute atomic E-state index is 5.30. The molecule has 0 amide bonds. The molecule has 0 saturated carbocycles. The third-order valence-electron chi connectivity index (χ3n) is 1.10. The van der Waals surface area contributed by atoms with Crippen LogP contribution in [0, 0.1) is 0 Å². The Morgan fingerprint density at radius 2 is 1.83 bits per heavy atom. The van der Waals surface area contributed by atoms with E-state index in [1.165, 1.54) is 0 Å². The predicted octanol–water partition coefficient (Wildman–Crippen LogP) is 1.82. The molecule has 0 fully saturated rings. The first-order valence-corrected chi connectivity index (χ1v) is 4.13. The quantitative estimate of drug-likeness (QED) is 0.628. The van der Waals surface area contributed by atoms with Crippen molar-refractivity contribution >= 4 is 0 Å². The molecule has 0 saturated heterocycles. The number of hydrogen-bond donors (Lipinski definition) is 2. The standard InChI is InChI=1S/C8H14N2.C2H6/c1-7(6-9)4-5-8(2)10-3;1-2/h4-5,10H,1-2,6,9H2,3H3;1-2H3/b5-4-;. The van der Waals surface area contributed by atoms with Crippen molar-refractivity contribution in [2.75, 3.05) is 13.6 Å². The first-order valence-electron chi connectivity index (χ1n) is 4.13. The fourth-order valence-electron chi connectivity index (χ4n) is 0.370. The first kappa shape index (κ1) is 13.6. The van der Waals surface area contributed by atoms with Crippen molar-refractivity contribution in [2.45, 2.75) is 13.8 Å². The number of allylic oxidation sites excluding steroid dienone is 1. The van der Waals surface area contributed by atoms with Gasteiger partial charge in [0.05, 0.1) is 0 Å². The summed E-state index contributed by atoms with van der Waals surface area (Å²) in [6, 6.07) is 0. The van der Waals surface area contributed by atoms with Gasteiger partial charge in [0, 0.05) is 19.3 Å². The van der Waals surface area contributed by atoms with Gasteiger partial charge in [0.1, 0.15) is 0 Å². The minimum Gasteiger partial charge on any atom is -0.389 e. The number of hydrogen-bond acceptors (Lipinski definition) is 2. The lowest BCUT2D eigenvalue weighted by Gasteiger charge is -1.96. The number of nitrogens with one attached hydrogen (secondary N) is 1. The average Bonchev–Trinajstić information content (AvgIpc) is 2.16. The lowest BCUT2D eigenvalue weighted by Crippen LogP contribution is -2.02. The van der Waals surface area contributed by atoms with Gasteiger partial charge in [-0.15, -0.1) is 0 Å². The lowest BCUT2D eigenvalue weighted by molar-refractivity contribution is 1.04. The van der Waals surface area contributed by atoms with Gasteiger partial charge in [-0.25, -0.2) is 0 Å². The summed E-state index contributed by atoms with van der Waals surface area (Å²) < 4.78 is 0. The van der Waals surface area contributed by atoms with Crippen molar-refractivity contribution in [2.24, 2.45) is 5.73 Å². The summed E-state index contributed by atoms with van der Waals surface area (Å²) >= 11 is 0. The topological polar surface area (TPSA) is 38.0 Å². The van der Waals surface area contributed by atoms with Gasteiger partial charge in [0.2, 0.25) is 0 Å². The zero-order valence-corrected chi connectivity index (χ0v) is 8.35. The zero-order chi connectivity index (χ0) is 9.98. The Morgan fingerprint density at radius 3 is 2.17 bits per heavy atom. The van der Waals surface area contributed by atoms with Crippen molar-refractivity contribution in [3.05, 3.63) is 36.6 Å². The van der Waals surface area contributed by atoms with Crippen LogP contribution in [0.1, 0.15) is 13.8 Å². The van der Waals surface area contributed by atoms with Gasteiger partial charge < -0.3 is 11.1 Å². The molecule has 0 spiro atoms. The van der Waals surface area contributed by atoms with Gasteiger partial charge in [-0.1, -0.05) is 33.1 Å². The maximum atomic E-state index is 5.30. The number of nitrogens with two attached hydrogens (primary N) is 1. The molecule has 0 aliphatic carbocycles. The molecule has 0 aliphatic rings. The Kier molecular flexibility index (Phi) is 11.3. The van der Waals surface area contributed by atoms with Crippen LogP contribution in [0.4, 0.5) is 0 Å². The van der Waals surface area contributed by atoms with Gasteiger partial charge in [-0.05, 0) is 11.6 Å². The highest BCUT2D eigenvalue weighted by atomic mass is 14.8. The van der Waals surface area contributed by atoms with Crippen molar-refractivity contribution < 1.29 is 0 Å². The van der Waals surface area contributed by atoms with Crippen LogP contribution in [0.3, 0.4) is 0 Å². The molecule has 70 valence electrons. The van der Waals surface area contributed by atoms with Crippen LogP contribution in [0.15, 0.2) is 36.6 Å². The predicted molar refractivity (Wildman–Crippen MR) is 56.9 cm³/mol. The Bertz CT molecular complexity index is 139. The lowest BCUT2D eigenvalue weighted by atomic mass is 10.2. The summed E-state index contributed by atoms with van der Waals surface area (Å²) in [4.78, 5) is 0. The maximum Gasteiger partial charge on any atom is 0.0264 e. The van der Waals surface area contributed by atoms with Gasteiger partial charge >= 0.3 is 0 Å². The van der Waals surface area contributed by atoms with Crippen molar-refractivity contribution in [3.8, 4) is 0 Å². The molecule has 12 heavy (non-hydrogen) atoms. The summed E-state index contributed by atoms with van der Waals surface area (Å²) in [5.74, 6) is 0. The molecule has 0 aromatic rings. The Hall–Kier alpha value is -1.02. The molecule has 0 atom stereocenters. The van der Waals surface area contributed by atoms with Crippen LogP contribution in [0.2, 0.25) is 0 Å². The Balaban J connectivity index is 0. The van der Waals surface area contributed by atoms with Crippen LogP contribution in [-0.4, -0.2) is 13.6 Å². The van der Waals surface area contributed by atoms with Gasteiger partial charge in [-0.3, -0.25) is 0 Å². The molecular weight excluding hydrogens is 148 g/mol. The molecule has 3 N–H and O–H groups in total. The van der Waals surface area contributed by atoms with Crippen molar-refractivity contribution in [1.29, 1.82) is 0 Å². The van der Waals surface area contributed by atoms with Crippen molar-refractivity contribution in [1.82, 2.24) is 5.32 Å². The SMILES string of the molecule is C=C(/C=C\C(=C)NC)CN.CC. The van der Waals surface area contributed by atoms with Crippen molar-refractivity contribution in [3.63, 3.8) is 0 Å². The molecule has 0 aromatic heterocycles. The molecule has 0 aromatic carbocycles. The monoisotopic (exact) mass is 168 g/mol. The minimum absolute atomic E-state index is 0.494. The van der Waals surface area contributed by atoms with Crippen LogP contribution in [-0.2, 0) is 0 Å². The van der Waals surface area contributed by atoms with E-state index >= 15 is 0 Å². The third kappa shape index (κ3) is 8.98. The fraction of sp³-hybridized carbons (Fsp3) is 0.400. The highest BCUT2D eigenvalue weighted by Gasteiger charge is 1.82. The normalized spacial score (nSPS) is 8.67. The van der Waals surface area contributed by atoms with Crippen LogP contribution in [0.25, 0.3) is 0 Å². The molecule has 0 bridgehead atoms. The van der Waals surface area contributed by atoms with E-state index in [0.29, 0.717) is 6.54 Å². The van der Waals surface area contributed by atoms with Gasteiger partial charge in [0.15, 0.2) is 0 Å². The van der Waals surface area contributed by atoms with E-state index in [1.54, 1.807) is 0 Å². The van der Waals surface area contributed by atoms with Crippen LogP contribution >= 0.6 is 0 Å². The summed E-state index contributed by atoms with van der Waals surface area (Å²) in [5.41, 5.74) is 7.05. The molecule has 0 heterocycles. The van der Waals surface area contributed by atoms with E-state index in [-0.39, 0.29) is 0 Å². The summed E-state index contributed by atoms with van der Waals surface area (Å²) in [7, 11) is 1.82. The molecule has 0 radical (unpaired) electrons. The van der Waals surface area contributed by atoms with Crippen LogP contribution in [0.5, 0.6) is 0 Å². The molecule has 2 heteroatoms. The van der Waals surface area contributed by atoms with Gasteiger partial charge in [-0.2, -0.15) is 0 Å². The molecule has 2 nitrogen and oxygen atoms in total. The average molecular weight is 168 g/mol. The second kappa shape index (κ2) is 9.98. The second-order valence-electron chi connectivity index (χ2n) is 1.97. The van der Waals surface area contributed by atoms with E-state index in [0.717, 1.165) is 11.3 Å². The largest absolute Gasteiger partial charge is 0.389 e. The summed E-state index contributed by atoms with van der Waals surface area (Å²) in [5, 5.41) is 2.88. The van der Waals surface area contributed by atoms with E-state index in [1.807, 2.05) is 33.0 Å². The molecule has 0 unspecified atom stereocenters. The smallest absolute Gasteiger partial charge is 0.0264 e. The van der Waals surface area contributed by atoms with Crippen LogP contribution < -0.4 is 11.1 Å². The van der Waals surface area contributed by atoms with E-state index < -0.39 is 0 Å².